The highest BCUT2D eigenvalue weighted by atomic mass is 16.5. The molecule has 1 saturated heterocycles. The molecule has 0 bridgehead atoms. The lowest BCUT2D eigenvalue weighted by atomic mass is 9.80. The highest BCUT2D eigenvalue weighted by molar-refractivity contribution is 5.65. The second-order valence-corrected chi connectivity index (χ2v) is 8.70. The zero-order valence-electron chi connectivity index (χ0n) is 19.5. The van der Waals surface area contributed by atoms with E-state index in [1.807, 2.05) is 48.5 Å². The number of methoxy groups -OCH3 is 1. The Labute approximate surface area is 201 Å². The molecule has 0 aliphatic carbocycles. The van der Waals surface area contributed by atoms with E-state index in [0.717, 1.165) is 48.5 Å². The van der Waals surface area contributed by atoms with E-state index in [1.54, 1.807) is 7.11 Å². The first-order chi connectivity index (χ1) is 16.7. The van der Waals surface area contributed by atoms with E-state index in [1.165, 1.54) is 5.56 Å². The smallest absolute Gasteiger partial charge is 0.181 e. The van der Waals surface area contributed by atoms with Gasteiger partial charge in [-0.05, 0) is 78.7 Å². The standard InChI is InChI=1S/C28H32N4O2/c1-34-26-7-3-6-25(17-26)32-28(33)31-19-27(23-12-14-30-15-13-23)22-10-8-21(9-11-22)24-5-2-4-20(16-24)18-29/h2-11,16-17,23,27-28,30-33H,12-15,19H2,1H3. The van der Waals surface area contributed by atoms with Gasteiger partial charge in [0.1, 0.15) is 5.75 Å². The van der Waals surface area contributed by atoms with E-state index in [2.05, 4.69) is 46.3 Å². The fraction of sp³-hybridized carbons (Fsp3) is 0.321. The zero-order chi connectivity index (χ0) is 23.8. The molecule has 1 fully saturated rings. The van der Waals surface area contributed by atoms with Gasteiger partial charge in [0.25, 0.3) is 0 Å². The van der Waals surface area contributed by atoms with Crippen LogP contribution in [0.2, 0.25) is 0 Å². The maximum atomic E-state index is 10.6. The number of anilines is 1. The molecule has 3 aromatic carbocycles. The van der Waals surface area contributed by atoms with Gasteiger partial charge in [-0.15, -0.1) is 0 Å². The lowest BCUT2D eigenvalue weighted by Crippen LogP contribution is -2.41. The first-order valence-electron chi connectivity index (χ1n) is 11.8. The molecule has 4 N–H and O–H groups in total. The van der Waals surface area contributed by atoms with Crippen molar-refractivity contribution < 1.29 is 9.84 Å². The average Bonchev–Trinajstić information content (AvgIpc) is 2.90. The molecule has 1 aliphatic rings. The number of nitrogens with one attached hydrogen (secondary N) is 3. The van der Waals surface area contributed by atoms with Crippen molar-refractivity contribution in [2.45, 2.75) is 25.1 Å². The molecule has 1 aliphatic heterocycles. The minimum absolute atomic E-state index is 0.281. The zero-order valence-corrected chi connectivity index (χ0v) is 19.5. The molecular weight excluding hydrogens is 424 g/mol. The summed E-state index contributed by atoms with van der Waals surface area (Å²) < 4.78 is 5.26. The average molecular weight is 457 g/mol. The van der Waals surface area contributed by atoms with Gasteiger partial charge in [0, 0.05) is 18.3 Å². The van der Waals surface area contributed by atoms with Gasteiger partial charge in [-0.3, -0.25) is 5.32 Å². The van der Waals surface area contributed by atoms with Crippen LogP contribution in [0.15, 0.2) is 72.8 Å². The molecule has 6 nitrogen and oxygen atoms in total. The number of aliphatic hydroxyl groups is 1. The van der Waals surface area contributed by atoms with Crippen molar-refractivity contribution in [2.24, 2.45) is 5.92 Å². The van der Waals surface area contributed by atoms with Crippen LogP contribution in [0, 0.1) is 17.2 Å². The molecule has 2 atom stereocenters. The topological polar surface area (TPSA) is 89.3 Å². The Morgan fingerprint density at radius 3 is 2.53 bits per heavy atom. The normalized spacial score (nSPS) is 15.8. The van der Waals surface area contributed by atoms with Gasteiger partial charge in [-0.1, -0.05) is 42.5 Å². The molecule has 0 radical (unpaired) electrons. The molecule has 176 valence electrons. The lowest BCUT2D eigenvalue weighted by molar-refractivity contribution is 0.156. The summed E-state index contributed by atoms with van der Waals surface area (Å²) >= 11 is 0. The maximum Gasteiger partial charge on any atom is 0.181 e. The van der Waals surface area contributed by atoms with Crippen molar-refractivity contribution in [1.29, 1.82) is 5.26 Å². The Morgan fingerprint density at radius 1 is 1.03 bits per heavy atom. The van der Waals surface area contributed by atoms with Gasteiger partial charge >= 0.3 is 0 Å². The Morgan fingerprint density at radius 2 is 1.79 bits per heavy atom. The number of nitrogens with zero attached hydrogens (tertiary/aromatic N) is 1. The molecule has 1 heterocycles. The summed E-state index contributed by atoms with van der Waals surface area (Å²) in [4.78, 5) is 0. The quantitative estimate of drug-likeness (QED) is 0.359. The largest absolute Gasteiger partial charge is 0.497 e. The van der Waals surface area contributed by atoms with Crippen LogP contribution in [0.25, 0.3) is 11.1 Å². The lowest BCUT2D eigenvalue weighted by Gasteiger charge is -2.32. The van der Waals surface area contributed by atoms with E-state index >= 15 is 0 Å². The Kier molecular flexibility index (Phi) is 8.16. The minimum atomic E-state index is -0.871. The van der Waals surface area contributed by atoms with E-state index in [-0.39, 0.29) is 5.92 Å². The first-order valence-corrected chi connectivity index (χ1v) is 11.8. The van der Waals surface area contributed by atoms with Gasteiger partial charge < -0.3 is 20.5 Å². The van der Waals surface area contributed by atoms with E-state index < -0.39 is 6.35 Å². The Balaban J connectivity index is 1.46. The first kappa shape index (κ1) is 23.8. The van der Waals surface area contributed by atoms with Crippen LogP contribution in [-0.2, 0) is 0 Å². The molecule has 34 heavy (non-hydrogen) atoms. The summed E-state index contributed by atoms with van der Waals surface area (Å²) in [7, 11) is 1.63. The summed E-state index contributed by atoms with van der Waals surface area (Å²) in [6.07, 6.45) is 1.35. The number of hydrogen-bond donors (Lipinski definition) is 4. The minimum Gasteiger partial charge on any atom is -0.497 e. The van der Waals surface area contributed by atoms with Crippen molar-refractivity contribution in [3.05, 3.63) is 83.9 Å². The number of piperidine rings is 1. The number of ether oxygens (including phenoxy) is 1. The van der Waals surface area contributed by atoms with Crippen LogP contribution in [0.1, 0.15) is 29.9 Å². The molecule has 0 saturated carbocycles. The maximum absolute atomic E-state index is 10.6. The van der Waals surface area contributed by atoms with Gasteiger partial charge in [-0.2, -0.15) is 5.26 Å². The van der Waals surface area contributed by atoms with Crippen LogP contribution in [-0.4, -0.2) is 38.2 Å². The fourth-order valence-electron chi connectivity index (χ4n) is 4.65. The van der Waals surface area contributed by atoms with Gasteiger partial charge in [0.2, 0.25) is 0 Å². The predicted molar refractivity (Wildman–Crippen MR) is 136 cm³/mol. The van der Waals surface area contributed by atoms with Crippen molar-refractivity contribution in [3.63, 3.8) is 0 Å². The highest BCUT2D eigenvalue weighted by Crippen LogP contribution is 2.32. The van der Waals surface area contributed by atoms with Crippen LogP contribution in [0.4, 0.5) is 5.69 Å². The molecular formula is C28H32N4O2. The van der Waals surface area contributed by atoms with Crippen molar-refractivity contribution in [2.75, 3.05) is 32.1 Å². The molecule has 4 rings (SSSR count). The number of hydrogen-bond acceptors (Lipinski definition) is 6. The van der Waals surface area contributed by atoms with Gasteiger partial charge in [-0.25, -0.2) is 0 Å². The fourth-order valence-corrected chi connectivity index (χ4v) is 4.65. The van der Waals surface area contributed by atoms with Crippen molar-refractivity contribution in [1.82, 2.24) is 10.6 Å². The third-order valence-corrected chi connectivity index (χ3v) is 6.52. The second-order valence-electron chi connectivity index (χ2n) is 8.70. The molecule has 0 spiro atoms. The number of benzene rings is 3. The third kappa shape index (κ3) is 6.15. The molecule has 6 heteroatoms. The van der Waals surface area contributed by atoms with E-state index in [0.29, 0.717) is 18.0 Å². The van der Waals surface area contributed by atoms with Crippen LogP contribution in [0.5, 0.6) is 5.75 Å². The van der Waals surface area contributed by atoms with E-state index in [4.69, 9.17) is 4.74 Å². The second kappa shape index (κ2) is 11.7. The number of aliphatic hydroxyl groups excluding tert-OH is 1. The third-order valence-electron chi connectivity index (χ3n) is 6.52. The highest BCUT2D eigenvalue weighted by Gasteiger charge is 2.25. The Hall–Kier alpha value is -3.37. The molecule has 3 aromatic rings. The van der Waals surface area contributed by atoms with Crippen molar-refractivity contribution in [3.8, 4) is 22.9 Å². The summed E-state index contributed by atoms with van der Waals surface area (Å²) in [5.74, 6) is 1.55. The summed E-state index contributed by atoms with van der Waals surface area (Å²) in [5.41, 5.74) is 4.85. The monoisotopic (exact) mass is 456 g/mol. The molecule has 0 aromatic heterocycles. The van der Waals surface area contributed by atoms with Gasteiger partial charge in [0.15, 0.2) is 6.35 Å². The van der Waals surface area contributed by atoms with Crippen LogP contribution >= 0.6 is 0 Å². The van der Waals surface area contributed by atoms with Crippen LogP contribution in [0.3, 0.4) is 0 Å². The predicted octanol–water partition coefficient (Wildman–Crippen LogP) is 4.29. The van der Waals surface area contributed by atoms with E-state index in [9.17, 15) is 10.4 Å². The van der Waals surface area contributed by atoms with Crippen LogP contribution < -0.4 is 20.7 Å². The summed E-state index contributed by atoms with van der Waals surface area (Å²) in [5, 5.41) is 29.6. The Bertz CT molecular complexity index is 1100. The number of nitriles is 1. The van der Waals surface area contributed by atoms with Crippen molar-refractivity contribution >= 4 is 5.69 Å². The number of rotatable bonds is 9. The van der Waals surface area contributed by atoms with Gasteiger partial charge in [0.05, 0.1) is 18.7 Å². The summed E-state index contributed by atoms with van der Waals surface area (Å²) in [6, 6.07) is 26.0. The SMILES string of the molecule is COc1cccc(NC(O)NCC(c2ccc(-c3cccc(C#N)c3)cc2)C2CCNCC2)c1. The molecule has 0 amide bonds. The summed E-state index contributed by atoms with van der Waals surface area (Å²) in [6.45, 7) is 2.70. The molecule has 2 unspecified atom stereocenters.